The number of nitrogens with zero attached hydrogens (tertiary/aromatic N) is 5. The van der Waals surface area contributed by atoms with E-state index in [2.05, 4.69) is 44.6 Å². The van der Waals surface area contributed by atoms with Gasteiger partial charge >= 0.3 is 0 Å². The summed E-state index contributed by atoms with van der Waals surface area (Å²) in [6.07, 6.45) is 6.94. The molecule has 0 N–H and O–H groups in total. The second kappa shape index (κ2) is 7.90. The summed E-state index contributed by atoms with van der Waals surface area (Å²) in [5.41, 5.74) is 0. The van der Waals surface area contributed by atoms with E-state index < -0.39 is 0 Å². The highest BCUT2D eigenvalue weighted by Gasteiger charge is 2.25. The third-order valence-electron chi connectivity index (χ3n) is 4.61. The van der Waals surface area contributed by atoms with Gasteiger partial charge in [0.25, 0.3) is 0 Å². The Morgan fingerprint density at radius 2 is 2.12 bits per heavy atom. The van der Waals surface area contributed by atoms with Crippen molar-refractivity contribution in [2.75, 3.05) is 26.8 Å². The van der Waals surface area contributed by atoms with Gasteiger partial charge in [0.1, 0.15) is 5.82 Å². The van der Waals surface area contributed by atoms with Crippen LogP contribution in [0.2, 0.25) is 0 Å². The number of imidazole rings is 1. The molecule has 132 valence electrons. The molecule has 7 nitrogen and oxygen atoms in total. The number of piperidine rings is 1. The minimum absolute atomic E-state index is 0.462. The van der Waals surface area contributed by atoms with Crippen LogP contribution in [0.25, 0.3) is 0 Å². The molecule has 1 saturated heterocycles. The van der Waals surface area contributed by atoms with E-state index in [9.17, 15) is 0 Å². The zero-order valence-corrected chi connectivity index (χ0v) is 14.8. The van der Waals surface area contributed by atoms with Gasteiger partial charge in [-0.25, -0.2) is 4.98 Å². The van der Waals surface area contributed by atoms with Gasteiger partial charge in [0.15, 0.2) is 5.82 Å². The molecule has 2 aromatic rings. The first kappa shape index (κ1) is 17.1. The molecule has 0 bridgehead atoms. The van der Waals surface area contributed by atoms with Crippen molar-refractivity contribution in [2.24, 2.45) is 0 Å². The Morgan fingerprint density at radius 1 is 1.33 bits per heavy atom. The molecule has 7 heteroatoms. The molecule has 2 aromatic heterocycles. The minimum atomic E-state index is 0.462. The van der Waals surface area contributed by atoms with Crippen LogP contribution in [-0.4, -0.2) is 51.4 Å². The molecular formula is C17H27N5O2. The maximum atomic E-state index is 5.34. The SMILES string of the molecule is COCCc1noc(CN2CCC(c3nccn3C(C)C)CC2)n1. The van der Waals surface area contributed by atoms with E-state index in [1.165, 1.54) is 5.82 Å². The van der Waals surface area contributed by atoms with E-state index in [4.69, 9.17) is 9.26 Å². The highest BCUT2D eigenvalue weighted by atomic mass is 16.5. The first-order chi connectivity index (χ1) is 11.7. The fourth-order valence-corrected chi connectivity index (χ4v) is 3.27. The molecule has 0 spiro atoms. The summed E-state index contributed by atoms with van der Waals surface area (Å²) >= 11 is 0. The number of likely N-dealkylation sites (tertiary alicyclic amines) is 1. The number of aromatic nitrogens is 4. The molecule has 0 amide bonds. The van der Waals surface area contributed by atoms with Crippen molar-refractivity contribution >= 4 is 0 Å². The van der Waals surface area contributed by atoms with Crippen LogP contribution in [0.5, 0.6) is 0 Å². The van der Waals surface area contributed by atoms with Crippen molar-refractivity contribution < 1.29 is 9.26 Å². The van der Waals surface area contributed by atoms with Gasteiger partial charge in [0.05, 0.1) is 13.2 Å². The summed E-state index contributed by atoms with van der Waals surface area (Å²) in [4.78, 5) is 11.4. The maximum Gasteiger partial charge on any atom is 0.240 e. The average molecular weight is 333 g/mol. The van der Waals surface area contributed by atoms with Crippen LogP contribution in [0.4, 0.5) is 0 Å². The van der Waals surface area contributed by atoms with E-state index in [0.717, 1.165) is 38.3 Å². The van der Waals surface area contributed by atoms with Gasteiger partial charge in [-0.15, -0.1) is 0 Å². The van der Waals surface area contributed by atoms with Gasteiger partial charge < -0.3 is 13.8 Å². The topological polar surface area (TPSA) is 69.2 Å². The fourth-order valence-electron chi connectivity index (χ4n) is 3.27. The largest absolute Gasteiger partial charge is 0.384 e. The van der Waals surface area contributed by atoms with E-state index in [1.807, 2.05) is 6.20 Å². The van der Waals surface area contributed by atoms with E-state index >= 15 is 0 Å². The summed E-state index contributed by atoms with van der Waals surface area (Å²) in [5.74, 6) is 3.19. The smallest absolute Gasteiger partial charge is 0.240 e. The van der Waals surface area contributed by atoms with Crippen molar-refractivity contribution in [1.29, 1.82) is 0 Å². The van der Waals surface area contributed by atoms with E-state index in [1.54, 1.807) is 7.11 Å². The summed E-state index contributed by atoms with van der Waals surface area (Å²) in [5, 5.41) is 4.00. The van der Waals surface area contributed by atoms with Crippen LogP contribution in [0.15, 0.2) is 16.9 Å². The van der Waals surface area contributed by atoms with Crippen LogP contribution < -0.4 is 0 Å². The molecule has 1 aliphatic heterocycles. The zero-order chi connectivity index (χ0) is 16.9. The lowest BCUT2D eigenvalue weighted by Crippen LogP contribution is -2.33. The first-order valence-electron chi connectivity index (χ1n) is 8.73. The van der Waals surface area contributed by atoms with E-state index in [-0.39, 0.29) is 0 Å². The van der Waals surface area contributed by atoms with Gasteiger partial charge in [-0.05, 0) is 39.8 Å². The Morgan fingerprint density at radius 3 is 2.83 bits per heavy atom. The highest BCUT2D eigenvalue weighted by Crippen LogP contribution is 2.28. The zero-order valence-electron chi connectivity index (χ0n) is 14.8. The molecule has 3 heterocycles. The van der Waals surface area contributed by atoms with Crippen molar-refractivity contribution in [2.45, 2.75) is 51.6 Å². The Labute approximate surface area is 143 Å². The lowest BCUT2D eigenvalue weighted by Gasteiger charge is -2.31. The molecule has 1 fully saturated rings. The van der Waals surface area contributed by atoms with Gasteiger partial charge in [-0.1, -0.05) is 5.16 Å². The van der Waals surface area contributed by atoms with Crippen molar-refractivity contribution in [3.05, 3.63) is 29.9 Å². The summed E-state index contributed by atoms with van der Waals surface area (Å²) in [6, 6.07) is 0.462. The quantitative estimate of drug-likeness (QED) is 0.775. The lowest BCUT2D eigenvalue weighted by atomic mass is 9.95. The maximum absolute atomic E-state index is 5.34. The number of ether oxygens (including phenoxy) is 1. The number of hydrogen-bond acceptors (Lipinski definition) is 6. The molecule has 24 heavy (non-hydrogen) atoms. The van der Waals surface area contributed by atoms with Crippen LogP contribution >= 0.6 is 0 Å². The van der Waals surface area contributed by atoms with Crippen LogP contribution in [-0.2, 0) is 17.7 Å². The third-order valence-corrected chi connectivity index (χ3v) is 4.61. The Bertz CT molecular complexity index is 628. The van der Waals surface area contributed by atoms with Gasteiger partial charge in [-0.3, -0.25) is 4.90 Å². The number of methoxy groups -OCH3 is 1. The highest BCUT2D eigenvalue weighted by molar-refractivity contribution is 5.04. The van der Waals surface area contributed by atoms with Gasteiger partial charge in [0, 0.05) is 37.9 Å². The lowest BCUT2D eigenvalue weighted by molar-refractivity contribution is 0.177. The normalized spacial score (nSPS) is 17.0. The van der Waals surface area contributed by atoms with Crippen molar-refractivity contribution in [1.82, 2.24) is 24.6 Å². The van der Waals surface area contributed by atoms with E-state index in [0.29, 0.717) is 30.9 Å². The Balaban J connectivity index is 1.52. The Hall–Kier alpha value is -1.73. The van der Waals surface area contributed by atoms with Crippen molar-refractivity contribution in [3.63, 3.8) is 0 Å². The van der Waals surface area contributed by atoms with Gasteiger partial charge in [-0.2, -0.15) is 4.98 Å². The number of rotatable bonds is 7. The second-order valence-corrected chi connectivity index (χ2v) is 6.68. The third kappa shape index (κ3) is 4.02. The molecule has 3 rings (SSSR count). The van der Waals surface area contributed by atoms with Gasteiger partial charge in [0.2, 0.25) is 5.89 Å². The first-order valence-corrected chi connectivity index (χ1v) is 8.73. The van der Waals surface area contributed by atoms with Crippen LogP contribution in [0, 0.1) is 0 Å². The summed E-state index contributed by atoms with van der Waals surface area (Å²) in [6.45, 7) is 7.82. The molecule has 0 atom stereocenters. The summed E-state index contributed by atoms with van der Waals surface area (Å²) < 4.78 is 12.7. The second-order valence-electron chi connectivity index (χ2n) is 6.68. The molecule has 0 radical (unpaired) electrons. The predicted molar refractivity (Wildman–Crippen MR) is 89.7 cm³/mol. The minimum Gasteiger partial charge on any atom is -0.384 e. The average Bonchev–Trinajstić information content (AvgIpc) is 3.23. The van der Waals surface area contributed by atoms with Crippen molar-refractivity contribution in [3.8, 4) is 0 Å². The monoisotopic (exact) mass is 333 g/mol. The fraction of sp³-hybridized carbons (Fsp3) is 0.706. The molecule has 0 unspecified atom stereocenters. The number of hydrogen-bond donors (Lipinski definition) is 0. The van der Waals surface area contributed by atoms with Crippen LogP contribution in [0.1, 0.15) is 56.2 Å². The summed E-state index contributed by atoms with van der Waals surface area (Å²) in [7, 11) is 1.68. The molecular weight excluding hydrogens is 306 g/mol. The molecule has 0 aromatic carbocycles. The Kier molecular flexibility index (Phi) is 5.63. The van der Waals surface area contributed by atoms with Crippen LogP contribution in [0.3, 0.4) is 0 Å². The molecule has 0 saturated carbocycles. The standard InChI is InChI=1S/C17H27N5O2/c1-13(2)22-10-7-18-17(22)14-4-8-21(9-5-14)12-16-19-15(20-24-16)6-11-23-3/h7,10,13-14H,4-6,8-9,11-12H2,1-3H3. The molecule has 0 aliphatic carbocycles. The molecule has 1 aliphatic rings. The predicted octanol–water partition coefficient (Wildman–Crippen LogP) is 2.42.